The van der Waals surface area contributed by atoms with Crippen molar-refractivity contribution >= 4 is 27.9 Å². The van der Waals surface area contributed by atoms with Gasteiger partial charge in [0.1, 0.15) is 6.20 Å². The summed E-state index contributed by atoms with van der Waals surface area (Å²) >= 11 is 1.42. The molecular weight excluding hydrogens is 312 g/mol. The predicted molar refractivity (Wildman–Crippen MR) is 90.2 cm³/mol. The summed E-state index contributed by atoms with van der Waals surface area (Å²) in [5, 5.41) is 13.4. The summed E-state index contributed by atoms with van der Waals surface area (Å²) < 4.78 is 1.58. The summed E-state index contributed by atoms with van der Waals surface area (Å²) in [5.41, 5.74) is 2.45. The van der Waals surface area contributed by atoms with Crippen LogP contribution < -0.4 is 4.90 Å². The maximum absolute atomic E-state index is 11.6. The maximum atomic E-state index is 11.6. The molecule has 23 heavy (non-hydrogen) atoms. The largest absolute Gasteiger partial charge is 0.373 e. The van der Waals surface area contributed by atoms with Gasteiger partial charge in [0.25, 0.3) is 4.96 Å². The Morgan fingerprint density at radius 3 is 3.00 bits per heavy atom. The minimum atomic E-state index is -0.324. The number of anilines is 1. The number of rotatable bonds is 3. The highest BCUT2D eigenvalue weighted by Crippen LogP contribution is 2.41. The first-order valence-corrected chi connectivity index (χ1v) is 8.47. The number of benzene rings is 1. The Morgan fingerprint density at radius 2 is 2.22 bits per heavy atom. The van der Waals surface area contributed by atoms with Crippen LogP contribution in [0, 0.1) is 17.0 Å². The van der Waals surface area contributed by atoms with Crippen molar-refractivity contribution in [3.8, 4) is 0 Å². The first-order valence-electron chi connectivity index (χ1n) is 7.59. The van der Waals surface area contributed by atoms with E-state index in [1.807, 2.05) is 17.5 Å². The van der Waals surface area contributed by atoms with Crippen LogP contribution in [0.4, 0.5) is 11.6 Å². The second-order valence-corrected chi connectivity index (χ2v) is 6.65. The lowest BCUT2D eigenvalue weighted by atomic mass is 9.99. The Bertz CT molecular complexity index is 885. The fourth-order valence-corrected chi connectivity index (χ4v) is 4.13. The third-order valence-corrected chi connectivity index (χ3v) is 5.22. The van der Waals surface area contributed by atoms with Gasteiger partial charge in [-0.1, -0.05) is 35.6 Å². The van der Waals surface area contributed by atoms with Crippen LogP contribution in [-0.2, 0) is 0 Å². The molecule has 6 nitrogen and oxygen atoms in total. The van der Waals surface area contributed by atoms with E-state index >= 15 is 0 Å². The average molecular weight is 328 g/mol. The molecule has 1 atom stereocenters. The Labute approximate surface area is 137 Å². The number of hydrogen-bond donors (Lipinski definition) is 0. The zero-order valence-corrected chi connectivity index (χ0v) is 13.5. The number of imidazole rings is 1. The van der Waals surface area contributed by atoms with Gasteiger partial charge in [-0.3, -0.25) is 0 Å². The molecule has 1 saturated heterocycles. The van der Waals surface area contributed by atoms with Gasteiger partial charge in [0, 0.05) is 11.9 Å². The van der Waals surface area contributed by atoms with Gasteiger partial charge >= 0.3 is 5.82 Å². The van der Waals surface area contributed by atoms with Crippen LogP contribution in [0.25, 0.3) is 4.96 Å². The number of nitrogens with zero attached hydrogens (tertiary/aromatic N) is 4. The van der Waals surface area contributed by atoms with Gasteiger partial charge in [-0.2, -0.15) is 9.38 Å². The van der Waals surface area contributed by atoms with E-state index in [0.29, 0.717) is 10.8 Å². The molecule has 0 saturated carbocycles. The van der Waals surface area contributed by atoms with E-state index in [9.17, 15) is 10.1 Å². The average Bonchev–Trinajstić information content (AvgIpc) is 3.21. The minimum Gasteiger partial charge on any atom is -0.358 e. The van der Waals surface area contributed by atoms with Crippen molar-refractivity contribution in [3.63, 3.8) is 0 Å². The first-order chi connectivity index (χ1) is 11.2. The highest BCUT2D eigenvalue weighted by atomic mass is 32.1. The molecule has 7 heteroatoms. The Morgan fingerprint density at radius 1 is 1.39 bits per heavy atom. The molecule has 0 bridgehead atoms. The Hall–Kier alpha value is -2.41. The topological polar surface area (TPSA) is 63.7 Å². The molecule has 118 valence electrons. The van der Waals surface area contributed by atoms with Crippen LogP contribution in [0.2, 0.25) is 0 Å². The van der Waals surface area contributed by atoms with E-state index in [1.54, 1.807) is 10.6 Å². The molecule has 1 aliphatic rings. The van der Waals surface area contributed by atoms with Gasteiger partial charge in [-0.25, -0.2) is 0 Å². The molecule has 2 aromatic heterocycles. The molecule has 0 radical (unpaired) electrons. The molecule has 1 fully saturated rings. The maximum Gasteiger partial charge on any atom is 0.373 e. The van der Waals surface area contributed by atoms with E-state index in [1.165, 1.54) is 22.5 Å². The van der Waals surface area contributed by atoms with Gasteiger partial charge < -0.3 is 15.0 Å². The van der Waals surface area contributed by atoms with Crippen LogP contribution in [0.5, 0.6) is 0 Å². The Kier molecular flexibility index (Phi) is 3.30. The second-order valence-electron chi connectivity index (χ2n) is 5.78. The highest BCUT2D eigenvalue weighted by Gasteiger charge is 2.35. The summed E-state index contributed by atoms with van der Waals surface area (Å²) in [6, 6.07) is 8.40. The van der Waals surface area contributed by atoms with Gasteiger partial charge in [0.2, 0.25) is 5.82 Å². The molecular formula is C16H16N4O2S. The lowest BCUT2D eigenvalue weighted by Crippen LogP contribution is -2.24. The van der Waals surface area contributed by atoms with Crippen molar-refractivity contribution in [1.82, 2.24) is 9.38 Å². The van der Waals surface area contributed by atoms with Crippen molar-refractivity contribution < 1.29 is 4.92 Å². The smallest absolute Gasteiger partial charge is 0.358 e. The molecule has 0 spiro atoms. The van der Waals surface area contributed by atoms with Gasteiger partial charge in [-0.05, 0) is 35.8 Å². The summed E-state index contributed by atoms with van der Waals surface area (Å²) in [7, 11) is 0. The second kappa shape index (κ2) is 5.34. The van der Waals surface area contributed by atoms with E-state index in [4.69, 9.17) is 0 Å². The lowest BCUT2D eigenvalue weighted by molar-refractivity contribution is -0.389. The van der Waals surface area contributed by atoms with Crippen LogP contribution in [0.15, 0.2) is 35.8 Å². The van der Waals surface area contributed by atoms with Gasteiger partial charge in [0.15, 0.2) is 0 Å². The van der Waals surface area contributed by atoms with Crippen LogP contribution in [0.3, 0.4) is 0 Å². The van der Waals surface area contributed by atoms with Crippen LogP contribution in [-0.4, -0.2) is 20.9 Å². The minimum absolute atomic E-state index is 0.0711. The molecule has 0 aliphatic carbocycles. The summed E-state index contributed by atoms with van der Waals surface area (Å²) in [6.07, 6.45) is 3.72. The first kappa shape index (κ1) is 14.2. The highest BCUT2D eigenvalue weighted by molar-refractivity contribution is 7.15. The summed E-state index contributed by atoms with van der Waals surface area (Å²) in [6.45, 7) is 2.89. The molecule has 1 aliphatic heterocycles. The quantitative estimate of drug-likeness (QED) is 0.539. The third kappa shape index (κ3) is 2.19. The van der Waals surface area contributed by atoms with Crippen LogP contribution in [0.1, 0.15) is 30.0 Å². The fourth-order valence-electron chi connectivity index (χ4n) is 3.43. The van der Waals surface area contributed by atoms with Crippen molar-refractivity contribution in [2.24, 2.45) is 0 Å². The van der Waals surface area contributed by atoms with Gasteiger partial charge in [-0.15, -0.1) is 0 Å². The molecule has 0 amide bonds. The predicted octanol–water partition coefficient (Wildman–Crippen LogP) is 3.95. The molecule has 0 N–H and O–H groups in total. The monoisotopic (exact) mass is 328 g/mol. The van der Waals surface area contributed by atoms with Crippen molar-refractivity contribution in [2.75, 3.05) is 11.4 Å². The molecule has 4 rings (SSSR count). The standard InChI is InChI=1S/C16H16N4O2S/c1-11-5-2-3-6-12(11)13-7-4-8-18(13)14-15(20(21)22)19-9-10-23-16(19)17-14/h2-3,5-6,9-10,13H,4,7-8H2,1H3/t13-/m1/s1. The third-order valence-electron chi connectivity index (χ3n) is 4.46. The normalized spacial score (nSPS) is 18.0. The fraction of sp³-hybridized carbons (Fsp3) is 0.312. The lowest BCUT2D eigenvalue weighted by Gasteiger charge is -2.25. The number of thiazole rings is 1. The van der Waals surface area contributed by atoms with Crippen molar-refractivity contribution in [1.29, 1.82) is 0 Å². The van der Waals surface area contributed by atoms with E-state index in [2.05, 4.69) is 28.9 Å². The molecule has 3 aromatic rings. The zero-order valence-electron chi connectivity index (χ0n) is 12.7. The number of aryl methyl sites for hydroxylation is 1. The Balaban J connectivity index is 1.83. The van der Waals surface area contributed by atoms with E-state index in [0.717, 1.165) is 19.4 Å². The van der Waals surface area contributed by atoms with Crippen molar-refractivity contribution in [2.45, 2.75) is 25.8 Å². The van der Waals surface area contributed by atoms with Crippen LogP contribution >= 0.6 is 11.3 Å². The molecule has 0 unspecified atom stereocenters. The number of fused-ring (bicyclic) bond motifs is 1. The number of hydrogen-bond acceptors (Lipinski definition) is 5. The van der Waals surface area contributed by atoms with Crippen molar-refractivity contribution in [3.05, 3.63) is 57.1 Å². The van der Waals surface area contributed by atoms with E-state index in [-0.39, 0.29) is 16.8 Å². The van der Waals surface area contributed by atoms with Gasteiger partial charge in [0.05, 0.1) is 6.04 Å². The zero-order chi connectivity index (χ0) is 16.0. The molecule has 1 aromatic carbocycles. The SMILES string of the molecule is Cc1ccccc1[C@H]1CCCN1c1nc2sccn2c1[N+](=O)[O-]. The number of nitro groups is 1. The molecule has 3 heterocycles. The van der Waals surface area contributed by atoms with E-state index < -0.39 is 0 Å². The summed E-state index contributed by atoms with van der Waals surface area (Å²) in [4.78, 5) is 18.6. The summed E-state index contributed by atoms with van der Waals surface area (Å²) in [5.74, 6) is 0.564. The number of aromatic nitrogens is 2.